The van der Waals surface area contributed by atoms with Gasteiger partial charge in [-0.05, 0) is 27.2 Å². The number of methoxy groups -OCH3 is 1. The van der Waals surface area contributed by atoms with Crippen LogP contribution in [0.3, 0.4) is 0 Å². The lowest BCUT2D eigenvalue weighted by Gasteiger charge is -2.59. The molecule has 3 atom stereocenters. The van der Waals surface area contributed by atoms with Crippen LogP contribution in [-0.4, -0.2) is 51.0 Å². The third kappa shape index (κ3) is 2.87. The van der Waals surface area contributed by atoms with E-state index in [4.69, 9.17) is 9.47 Å². The smallest absolute Gasteiger partial charge is 0.410 e. The van der Waals surface area contributed by atoms with Crippen molar-refractivity contribution < 1.29 is 19.2 Å². The first kappa shape index (κ1) is 17.6. The maximum absolute atomic E-state index is 12.2. The maximum atomic E-state index is 12.2. The molecule has 9 nitrogen and oxygen atoms in total. The molecule has 1 aromatic heterocycles. The lowest BCUT2D eigenvalue weighted by Crippen LogP contribution is -2.68. The zero-order valence-corrected chi connectivity index (χ0v) is 15.7. The van der Waals surface area contributed by atoms with Crippen LogP contribution in [0, 0.1) is 16.0 Å². The summed E-state index contributed by atoms with van der Waals surface area (Å²) in [5, 5.41) is 16.5. The van der Waals surface area contributed by atoms with E-state index in [0.717, 1.165) is 6.42 Å². The first-order valence-electron chi connectivity index (χ1n) is 8.89. The number of piperidine rings is 1. The van der Waals surface area contributed by atoms with Crippen LogP contribution in [0.5, 0.6) is 5.75 Å². The summed E-state index contributed by atoms with van der Waals surface area (Å²) in [7, 11) is 1.40. The number of rotatable bonds is 3. The van der Waals surface area contributed by atoms with Crippen LogP contribution in [0.4, 0.5) is 10.5 Å². The highest BCUT2D eigenvalue weighted by atomic mass is 16.6. The van der Waals surface area contributed by atoms with Gasteiger partial charge in [-0.25, -0.2) is 4.79 Å². The number of carbonyl (C=O) groups excluding carboxylic acids is 1. The van der Waals surface area contributed by atoms with Gasteiger partial charge in [0, 0.05) is 42.2 Å². The highest BCUT2D eigenvalue weighted by Gasteiger charge is 2.56. The van der Waals surface area contributed by atoms with Gasteiger partial charge < -0.3 is 14.4 Å². The number of nitrogens with zero attached hydrogens (tertiary/aromatic N) is 4. The van der Waals surface area contributed by atoms with Crippen molar-refractivity contribution in [3.8, 4) is 5.75 Å². The van der Waals surface area contributed by atoms with E-state index in [-0.39, 0.29) is 29.6 Å². The molecule has 2 fully saturated rings. The number of nitro benzene ring substituents is 1. The second-order valence-corrected chi connectivity index (χ2v) is 8.12. The second-order valence-electron chi connectivity index (χ2n) is 8.12. The first-order chi connectivity index (χ1) is 12.7. The lowest BCUT2D eigenvalue weighted by atomic mass is 9.67. The van der Waals surface area contributed by atoms with E-state index in [1.807, 2.05) is 31.6 Å². The highest BCUT2D eigenvalue weighted by Crippen LogP contribution is 2.50. The number of ether oxygens (including phenoxy) is 2. The molecule has 9 heteroatoms. The van der Waals surface area contributed by atoms with Crippen molar-refractivity contribution in [1.82, 2.24) is 14.7 Å². The van der Waals surface area contributed by atoms with Gasteiger partial charge in [-0.2, -0.15) is 5.10 Å². The molecule has 2 heterocycles. The third-order valence-corrected chi connectivity index (χ3v) is 5.27. The van der Waals surface area contributed by atoms with Crippen molar-refractivity contribution in [1.29, 1.82) is 0 Å². The van der Waals surface area contributed by atoms with Gasteiger partial charge in [0.1, 0.15) is 5.60 Å². The largest absolute Gasteiger partial charge is 0.490 e. The van der Waals surface area contributed by atoms with E-state index < -0.39 is 10.5 Å². The van der Waals surface area contributed by atoms with Crippen molar-refractivity contribution in [2.24, 2.45) is 5.92 Å². The molecule has 1 saturated heterocycles. The number of hydrogen-bond acceptors (Lipinski definition) is 6. The highest BCUT2D eigenvalue weighted by molar-refractivity contribution is 5.83. The van der Waals surface area contributed by atoms with Crippen LogP contribution in [0.2, 0.25) is 0 Å². The fourth-order valence-electron chi connectivity index (χ4n) is 3.85. The summed E-state index contributed by atoms with van der Waals surface area (Å²) in [5.41, 5.74) is 0.0821. The average Bonchev–Trinajstić information content (AvgIpc) is 2.95. The normalized spacial score (nSPS) is 24.0. The molecule has 1 unspecified atom stereocenters. The van der Waals surface area contributed by atoms with Crippen molar-refractivity contribution in [3.05, 3.63) is 28.4 Å². The molecule has 144 valence electrons. The van der Waals surface area contributed by atoms with Crippen LogP contribution in [0.1, 0.15) is 33.2 Å². The number of carbonyl (C=O) groups is 1. The minimum atomic E-state index is -0.501. The zero-order chi connectivity index (χ0) is 19.5. The van der Waals surface area contributed by atoms with Crippen molar-refractivity contribution in [2.45, 2.75) is 44.9 Å². The summed E-state index contributed by atoms with van der Waals surface area (Å²) in [6, 6.07) is 3.45. The molecule has 4 rings (SSSR count). The van der Waals surface area contributed by atoms with Crippen molar-refractivity contribution in [3.63, 3.8) is 0 Å². The van der Waals surface area contributed by atoms with Crippen LogP contribution in [0.15, 0.2) is 18.3 Å². The minimum absolute atomic E-state index is 0.0734. The number of nitro groups is 1. The Morgan fingerprint density at radius 2 is 2.07 bits per heavy atom. The Morgan fingerprint density at radius 1 is 1.33 bits per heavy atom. The Bertz CT molecular complexity index is 932. The minimum Gasteiger partial charge on any atom is -0.490 e. The fraction of sp³-hybridized carbons (Fsp3) is 0.556. The van der Waals surface area contributed by atoms with Crippen LogP contribution >= 0.6 is 0 Å². The molecule has 0 bridgehead atoms. The summed E-state index contributed by atoms with van der Waals surface area (Å²) in [5.74, 6) is 0.535. The van der Waals surface area contributed by atoms with Gasteiger partial charge in [-0.15, -0.1) is 0 Å². The Labute approximate surface area is 156 Å². The van der Waals surface area contributed by atoms with E-state index in [1.165, 1.54) is 13.2 Å². The van der Waals surface area contributed by atoms with Gasteiger partial charge in [0.05, 0.1) is 23.6 Å². The summed E-state index contributed by atoms with van der Waals surface area (Å²) in [4.78, 5) is 24.7. The van der Waals surface area contributed by atoms with Gasteiger partial charge in [-0.1, -0.05) is 0 Å². The van der Waals surface area contributed by atoms with E-state index in [2.05, 4.69) is 5.10 Å². The van der Waals surface area contributed by atoms with E-state index in [1.54, 1.807) is 11.0 Å². The van der Waals surface area contributed by atoms with Crippen LogP contribution in [-0.2, 0) is 4.74 Å². The van der Waals surface area contributed by atoms with Crippen molar-refractivity contribution >= 4 is 22.7 Å². The molecule has 2 aliphatic rings. The Hall–Kier alpha value is -2.84. The number of benzene rings is 1. The summed E-state index contributed by atoms with van der Waals surface area (Å²) in [6.45, 7) is 6.21. The first-order valence-corrected chi connectivity index (χ1v) is 8.89. The average molecular weight is 374 g/mol. The van der Waals surface area contributed by atoms with Gasteiger partial charge in [0.2, 0.25) is 0 Å². The Kier molecular flexibility index (Phi) is 3.79. The summed E-state index contributed by atoms with van der Waals surface area (Å²) >= 11 is 0. The van der Waals surface area contributed by atoms with Crippen molar-refractivity contribution in [2.75, 3.05) is 13.7 Å². The van der Waals surface area contributed by atoms with Crippen LogP contribution < -0.4 is 4.74 Å². The van der Waals surface area contributed by atoms with Gasteiger partial charge >= 0.3 is 11.8 Å². The van der Waals surface area contributed by atoms with Gasteiger partial charge in [-0.3, -0.25) is 14.8 Å². The van der Waals surface area contributed by atoms with E-state index >= 15 is 0 Å². The predicted octanol–water partition coefficient (Wildman–Crippen LogP) is 3.13. The summed E-state index contributed by atoms with van der Waals surface area (Å²) < 4.78 is 12.4. The number of aromatic nitrogens is 2. The van der Waals surface area contributed by atoms with E-state index in [0.29, 0.717) is 23.4 Å². The summed E-state index contributed by atoms with van der Waals surface area (Å²) in [6.07, 6.45) is 2.36. The molecule has 1 aromatic carbocycles. The number of fused-ring (bicyclic) bond motifs is 2. The molecule has 0 spiro atoms. The molecule has 0 N–H and O–H groups in total. The molecule has 27 heavy (non-hydrogen) atoms. The predicted molar refractivity (Wildman–Crippen MR) is 96.8 cm³/mol. The second kappa shape index (κ2) is 5.83. The fourth-order valence-corrected chi connectivity index (χ4v) is 3.85. The molecule has 1 aliphatic heterocycles. The standard InChI is InChI=1S/C18H22N4O5/c1-18(2,3)27-17(23)20-9-11-13(20)7-14(11)21-8-10-5-15(22(24)25)16(26-4)6-12(10)19-21/h5-6,8,11,13-14H,7,9H2,1-4H3/t11?,13-,14+/m1/s1. The molecular weight excluding hydrogens is 352 g/mol. The SMILES string of the molecule is COc1cc2nn([C@H]3C[C@@H]4C3CN4C(=O)OC(C)(C)C)cc2cc1[N+](=O)[O-]. The monoisotopic (exact) mass is 374 g/mol. The maximum Gasteiger partial charge on any atom is 0.410 e. The van der Waals surface area contributed by atoms with Gasteiger partial charge in [0.15, 0.2) is 5.75 Å². The molecule has 1 aliphatic carbocycles. The number of amides is 1. The van der Waals surface area contributed by atoms with E-state index in [9.17, 15) is 14.9 Å². The Balaban J connectivity index is 1.50. The Morgan fingerprint density at radius 3 is 2.63 bits per heavy atom. The van der Waals surface area contributed by atoms with Crippen LogP contribution in [0.25, 0.3) is 10.9 Å². The molecule has 1 amide bonds. The number of hydrogen-bond donors (Lipinski definition) is 0. The quantitative estimate of drug-likeness (QED) is 0.604. The molecule has 0 radical (unpaired) electrons. The lowest BCUT2D eigenvalue weighted by molar-refractivity contribution is -0.385. The molecular formula is C18H22N4O5. The number of likely N-dealkylation sites (tertiary alicyclic amines) is 1. The molecule has 1 saturated carbocycles. The zero-order valence-electron chi connectivity index (χ0n) is 15.7. The third-order valence-electron chi connectivity index (χ3n) is 5.27. The topological polar surface area (TPSA) is 99.7 Å². The van der Waals surface area contributed by atoms with Gasteiger partial charge in [0.25, 0.3) is 0 Å². The molecule has 2 aromatic rings.